The second kappa shape index (κ2) is 6.55. The number of rotatable bonds is 2. The first kappa shape index (κ1) is 17.1. The van der Waals surface area contributed by atoms with Crippen molar-refractivity contribution in [2.45, 2.75) is 24.8 Å². The van der Waals surface area contributed by atoms with Crippen LogP contribution in [0.5, 0.6) is 0 Å². The molecule has 136 valence electrons. The van der Waals surface area contributed by atoms with Gasteiger partial charge in [0.25, 0.3) is 0 Å². The molecule has 0 amide bonds. The number of hydrogen-bond acceptors (Lipinski definition) is 3. The first-order chi connectivity index (χ1) is 13.1. The van der Waals surface area contributed by atoms with Crippen LogP contribution in [0.3, 0.4) is 0 Å². The summed E-state index contributed by atoms with van der Waals surface area (Å²) < 4.78 is 0. The van der Waals surface area contributed by atoms with Crippen LogP contribution in [0.15, 0.2) is 52.7 Å². The van der Waals surface area contributed by atoms with Crippen LogP contribution in [-0.4, -0.2) is 23.5 Å². The van der Waals surface area contributed by atoms with Crippen LogP contribution in [0.2, 0.25) is 0 Å². The van der Waals surface area contributed by atoms with Gasteiger partial charge in [-0.15, -0.1) is 24.0 Å². The van der Waals surface area contributed by atoms with Gasteiger partial charge in [-0.1, -0.05) is 12.1 Å². The molecule has 0 saturated carbocycles. The molecule has 5 rings (SSSR count). The Balaban J connectivity index is 1.73. The fourth-order valence-electron chi connectivity index (χ4n) is 4.16. The van der Waals surface area contributed by atoms with Crippen LogP contribution in [0.25, 0.3) is 32.5 Å². The number of H-pyrrole nitrogens is 1. The van der Waals surface area contributed by atoms with Crippen LogP contribution in [0.4, 0.5) is 0 Å². The molecule has 27 heavy (non-hydrogen) atoms. The Morgan fingerprint density at radius 2 is 1.89 bits per heavy atom. The number of aryl methyl sites for hydroxylation is 1. The summed E-state index contributed by atoms with van der Waals surface area (Å²) in [4.78, 5) is 8.50. The molecule has 0 radical (unpaired) electrons. The third kappa shape index (κ3) is 2.92. The van der Waals surface area contributed by atoms with E-state index >= 15 is 0 Å². The fourth-order valence-corrected chi connectivity index (χ4v) is 5.23. The third-order valence-electron chi connectivity index (χ3n) is 5.50. The van der Waals surface area contributed by atoms with Gasteiger partial charge in [-0.05, 0) is 66.4 Å². The maximum atomic E-state index is 4.43. The Bertz CT molecular complexity index is 1140. The average molecular weight is 391 g/mol. The van der Waals surface area contributed by atoms with Crippen molar-refractivity contribution in [3.05, 3.63) is 64.7 Å². The lowest BCUT2D eigenvalue weighted by molar-refractivity contribution is 0.313. The third-order valence-corrected chi connectivity index (χ3v) is 6.77. The molecule has 2 aromatic carbocycles. The highest BCUT2D eigenvalue weighted by Crippen LogP contribution is 2.42. The van der Waals surface area contributed by atoms with E-state index < -0.39 is 0 Å². The van der Waals surface area contributed by atoms with E-state index in [9.17, 15) is 0 Å². The molecule has 4 heteroatoms. The summed E-state index contributed by atoms with van der Waals surface area (Å²) in [6.45, 7) is 4.35. The quantitative estimate of drug-likeness (QED) is 0.393. The molecule has 0 spiro atoms. The van der Waals surface area contributed by atoms with Gasteiger partial charge in [-0.3, -0.25) is 0 Å². The Kier molecular flexibility index (Phi) is 4.15. The molecule has 0 unspecified atom stereocenters. The molecule has 3 heterocycles. The monoisotopic (exact) mass is 390 g/mol. The van der Waals surface area contributed by atoms with Gasteiger partial charge in [0.05, 0.1) is 5.52 Å². The second-order valence-corrected chi connectivity index (χ2v) is 8.95. The zero-order valence-corrected chi connectivity index (χ0v) is 17.3. The predicted octanol–water partition coefficient (Wildman–Crippen LogP) is 6.15. The van der Waals surface area contributed by atoms with Crippen molar-refractivity contribution in [1.29, 1.82) is 0 Å². The molecule has 0 aliphatic carbocycles. The van der Waals surface area contributed by atoms with E-state index in [0.717, 1.165) is 24.4 Å². The maximum absolute atomic E-state index is 4.43. The number of nitrogens with zero attached hydrogens (tertiary/aromatic N) is 1. The van der Waals surface area contributed by atoms with Gasteiger partial charge in [-0.2, -0.15) is 0 Å². The van der Waals surface area contributed by atoms with Crippen LogP contribution in [0, 0.1) is 6.92 Å². The second-order valence-electron chi connectivity index (χ2n) is 7.52. The van der Waals surface area contributed by atoms with Gasteiger partial charge in [0.2, 0.25) is 0 Å². The van der Waals surface area contributed by atoms with E-state index in [1.54, 1.807) is 11.3 Å². The molecule has 1 N–H and O–H groups in total. The van der Waals surface area contributed by atoms with E-state index in [0.29, 0.717) is 0 Å². The summed E-state index contributed by atoms with van der Waals surface area (Å²) in [7, 11) is 2.21. The van der Waals surface area contributed by atoms with E-state index in [2.05, 4.69) is 84.3 Å². The minimum atomic E-state index is 0.996. The van der Waals surface area contributed by atoms with Gasteiger partial charge < -0.3 is 9.88 Å². The summed E-state index contributed by atoms with van der Waals surface area (Å²) in [5, 5.41) is 3.58. The van der Waals surface area contributed by atoms with Gasteiger partial charge >= 0.3 is 0 Å². The van der Waals surface area contributed by atoms with Crippen molar-refractivity contribution in [1.82, 2.24) is 9.88 Å². The molecule has 1 aliphatic rings. The van der Waals surface area contributed by atoms with Gasteiger partial charge in [0, 0.05) is 51.5 Å². The first-order valence-corrected chi connectivity index (χ1v) is 10.6. The Hall–Kier alpha value is -2.01. The van der Waals surface area contributed by atoms with Crippen molar-refractivity contribution in [3.8, 4) is 21.6 Å². The van der Waals surface area contributed by atoms with Crippen LogP contribution in [-0.2, 0) is 13.0 Å². The minimum Gasteiger partial charge on any atom is -0.358 e. The number of benzene rings is 2. The summed E-state index contributed by atoms with van der Waals surface area (Å²) >= 11 is 6.24. The highest BCUT2D eigenvalue weighted by molar-refractivity contribution is 7.80. The number of hydrogen-bond donors (Lipinski definition) is 2. The zero-order valence-electron chi connectivity index (χ0n) is 15.5. The lowest BCUT2D eigenvalue weighted by Crippen LogP contribution is -2.25. The van der Waals surface area contributed by atoms with E-state index in [-0.39, 0.29) is 0 Å². The van der Waals surface area contributed by atoms with Gasteiger partial charge in [0.15, 0.2) is 0 Å². The Labute approximate surface area is 169 Å². The first-order valence-electron chi connectivity index (χ1n) is 9.30. The molecule has 0 bridgehead atoms. The number of thiol groups is 1. The summed E-state index contributed by atoms with van der Waals surface area (Å²) in [5.74, 6) is 0. The van der Waals surface area contributed by atoms with Crippen LogP contribution in [0.1, 0.15) is 16.8 Å². The number of nitrogens with one attached hydrogen (secondary N) is 1. The van der Waals surface area contributed by atoms with Crippen LogP contribution < -0.4 is 0 Å². The molecule has 0 atom stereocenters. The number of thiophene rings is 1. The predicted molar refractivity (Wildman–Crippen MR) is 119 cm³/mol. The van der Waals surface area contributed by atoms with Crippen molar-refractivity contribution in [2.24, 2.45) is 0 Å². The van der Waals surface area contributed by atoms with Crippen molar-refractivity contribution >= 4 is 34.9 Å². The van der Waals surface area contributed by atoms with Gasteiger partial charge in [-0.25, -0.2) is 0 Å². The normalized spacial score (nSPS) is 14.6. The highest BCUT2D eigenvalue weighted by Gasteiger charge is 2.21. The summed E-state index contributed by atoms with van der Waals surface area (Å²) in [6.07, 6.45) is 1.10. The van der Waals surface area contributed by atoms with E-state index in [1.807, 2.05) is 0 Å². The SMILES string of the molecule is Cc1cc(-c2ccsc2-c2ccc(S)cc2)c2[nH]c3c(c2c1)CN(C)CC3. The number of fused-ring (bicyclic) bond motifs is 3. The van der Waals surface area contributed by atoms with Crippen molar-refractivity contribution in [2.75, 3.05) is 13.6 Å². The molecular weight excluding hydrogens is 368 g/mol. The lowest BCUT2D eigenvalue weighted by Gasteiger charge is -2.22. The van der Waals surface area contributed by atoms with Crippen molar-refractivity contribution in [3.63, 3.8) is 0 Å². The Morgan fingerprint density at radius 3 is 2.70 bits per heavy atom. The van der Waals surface area contributed by atoms with Crippen LogP contribution >= 0.6 is 24.0 Å². The summed E-state index contributed by atoms with van der Waals surface area (Å²) in [6, 6.07) is 15.4. The topological polar surface area (TPSA) is 19.0 Å². The van der Waals surface area contributed by atoms with Gasteiger partial charge in [0.1, 0.15) is 0 Å². The largest absolute Gasteiger partial charge is 0.358 e. The fraction of sp³-hybridized carbons (Fsp3) is 0.217. The molecule has 4 aromatic rings. The molecule has 2 nitrogen and oxygen atoms in total. The average Bonchev–Trinajstić information content (AvgIpc) is 3.27. The number of likely N-dealkylation sites (N-methyl/N-ethyl adjacent to an activating group) is 1. The smallest absolute Gasteiger partial charge is 0.0539 e. The maximum Gasteiger partial charge on any atom is 0.0539 e. The lowest BCUT2D eigenvalue weighted by atomic mass is 9.96. The van der Waals surface area contributed by atoms with E-state index in [4.69, 9.17) is 0 Å². The molecule has 0 fully saturated rings. The Morgan fingerprint density at radius 1 is 1.07 bits per heavy atom. The molecular formula is C23H22N2S2. The molecule has 0 saturated heterocycles. The molecule has 2 aromatic heterocycles. The van der Waals surface area contributed by atoms with Crippen molar-refractivity contribution < 1.29 is 0 Å². The zero-order chi connectivity index (χ0) is 18.5. The molecule has 1 aliphatic heterocycles. The standard InChI is InChI=1S/C23H22N2S2/c1-14-11-18(17-8-10-27-23(17)15-3-5-16(26)6-4-15)22-19(12-14)20-13-25(2)9-7-21(20)24-22/h3-6,8,10-12,24,26H,7,9,13H2,1-2H3. The minimum absolute atomic E-state index is 0.996. The highest BCUT2D eigenvalue weighted by atomic mass is 32.1. The summed E-state index contributed by atoms with van der Waals surface area (Å²) in [5.41, 5.74) is 9.36. The number of aromatic amines is 1. The number of aromatic nitrogens is 1. The van der Waals surface area contributed by atoms with E-state index in [1.165, 1.54) is 49.3 Å².